The third kappa shape index (κ3) is 5.63. The van der Waals surface area contributed by atoms with Crippen molar-refractivity contribution >= 4 is 17.4 Å². The number of hydrogen-bond donors (Lipinski definition) is 2. The first-order chi connectivity index (χ1) is 16.2. The molecule has 4 aromatic rings. The summed E-state index contributed by atoms with van der Waals surface area (Å²) in [5, 5.41) is 0. The molecule has 0 aromatic heterocycles. The van der Waals surface area contributed by atoms with Crippen LogP contribution >= 0.6 is 0 Å². The third-order valence-corrected chi connectivity index (χ3v) is 5.28. The van der Waals surface area contributed by atoms with E-state index in [0.717, 1.165) is 27.8 Å². The van der Waals surface area contributed by atoms with Crippen LogP contribution in [0, 0.1) is 0 Å². The van der Waals surface area contributed by atoms with Gasteiger partial charge in [-0.1, -0.05) is 121 Å². The average Bonchev–Trinajstić information content (AvgIpc) is 2.88. The Kier molecular flexibility index (Phi) is 7.08. The van der Waals surface area contributed by atoms with Crippen molar-refractivity contribution in [1.82, 2.24) is 10.9 Å². The van der Waals surface area contributed by atoms with E-state index in [9.17, 15) is 9.59 Å². The minimum absolute atomic E-state index is 0.310. The molecule has 0 heterocycles. The smallest absolute Gasteiger partial charge is 0.263 e. The number of carbonyl (C=O) groups is 2. The quantitative estimate of drug-likeness (QED) is 0.329. The number of nitrogens with one attached hydrogen (secondary N) is 2. The lowest BCUT2D eigenvalue weighted by molar-refractivity contribution is -0.127. The summed E-state index contributed by atoms with van der Waals surface area (Å²) in [5.41, 5.74) is 9.45. The van der Waals surface area contributed by atoms with Gasteiger partial charge in [0.1, 0.15) is 0 Å². The van der Waals surface area contributed by atoms with Gasteiger partial charge in [0.25, 0.3) is 5.91 Å². The number of rotatable bonds is 6. The monoisotopic (exact) mass is 432 g/mol. The highest BCUT2D eigenvalue weighted by atomic mass is 16.2. The summed E-state index contributed by atoms with van der Waals surface area (Å²) in [6.07, 6.45) is 1.50. The lowest BCUT2D eigenvalue weighted by atomic mass is 9.91. The minimum atomic E-state index is -0.542. The van der Waals surface area contributed by atoms with Crippen LogP contribution in [0.25, 0.3) is 5.57 Å². The number of benzene rings is 4. The molecule has 0 aliphatic carbocycles. The fraction of sp³-hybridized carbons (Fsp3) is 0.0345. The van der Waals surface area contributed by atoms with E-state index >= 15 is 0 Å². The van der Waals surface area contributed by atoms with Crippen LogP contribution < -0.4 is 10.9 Å². The van der Waals surface area contributed by atoms with Crippen molar-refractivity contribution in [3.63, 3.8) is 0 Å². The average molecular weight is 433 g/mol. The van der Waals surface area contributed by atoms with Gasteiger partial charge in [0, 0.05) is 6.08 Å². The second-order valence-corrected chi connectivity index (χ2v) is 7.52. The highest BCUT2D eigenvalue weighted by Gasteiger charge is 2.22. The van der Waals surface area contributed by atoms with E-state index in [1.807, 2.05) is 121 Å². The van der Waals surface area contributed by atoms with Crippen molar-refractivity contribution in [2.45, 2.75) is 5.92 Å². The predicted molar refractivity (Wildman–Crippen MR) is 131 cm³/mol. The number of carbonyl (C=O) groups excluding carboxylic acids is 2. The van der Waals surface area contributed by atoms with Crippen molar-refractivity contribution < 1.29 is 9.59 Å². The van der Waals surface area contributed by atoms with Crippen LogP contribution in [0.15, 0.2) is 127 Å². The molecule has 0 bridgehead atoms. The van der Waals surface area contributed by atoms with Crippen molar-refractivity contribution in [2.24, 2.45) is 0 Å². The molecule has 33 heavy (non-hydrogen) atoms. The van der Waals surface area contributed by atoms with Gasteiger partial charge < -0.3 is 0 Å². The molecule has 2 amide bonds. The second kappa shape index (κ2) is 10.7. The van der Waals surface area contributed by atoms with Gasteiger partial charge in [0.05, 0.1) is 5.92 Å². The van der Waals surface area contributed by atoms with Gasteiger partial charge in [-0.3, -0.25) is 20.4 Å². The van der Waals surface area contributed by atoms with Crippen LogP contribution in [0.4, 0.5) is 0 Å². The van der Waals surface area contributed by atoms with E-state index in [1.165, 1.54) is 6.08 Å². The Hall–Kier alpha value is -4.44. The Labute approximate surface area is 193 Å². The Bertz CT molecular complexity index is 1140. The van der Waals surface area contributed by atoms with Gasteiger partial charge >= 0.3 is 0 Å². The van der Waals surface area contributed by atoms with Crippen molar-refractivity contribution in [2.75, 3.05) is 0 Å². The molecule has 4 nitrogen and oxygen atoms in total. The molecule has 0 aliphatic heterocycles. The van der Waals surface area contributed by atoms with E-state index in [4.69, 9.17) is 0 Å². The Morgan fingerprint density at radius 3 is 1.36 bits per heavy atom. The third-order valence-electron chi connectivity index (χ3n) is 5.28. The van der Waals surface area contributed by atoms with Gasteiger partial charge in [0.15, 0.2) is 0 Å². The van der Waals surface area contributed by atoms with Crippen molar-refractivity contribution in [1.29, 1.82) is 0 Å². The van der Waals surface area contributed by atoms with Gasteiger partial charge in [0.2, 0.25) is 5.91 Å². The van der Waals surface area contributed by atoms with Crippen LogP contribution in [-0.4, -0.2) is 11.8 Å². The van der Waals surface area contributed by atoms with Gasteiger partial charge in [-0.2, -0.15) is 0 Å². The summed E-state index contributed by atoms with van der Waals surface area (Å²) in [7, 11) is 0. The maximum atomic E-state index is 13.1. The number of hydrazine groups is 1. The molecule has 0 radical (unpaired) electrons. The molecule has 0 saturated carbocycles. The van der Waals surface area contributed by atoms with Crippen molar-refractivity contribution in [3.8, 4) is 0 Å². The summed E-state index contributed by atoms with van der Waals surface area (Å²) in [5.74, 6) is -1.26. The fourth-order valence-corrected chi connectivity index (χ4v) is 3.72. The summed E-state index contributed by atoms with van der Waals surface area (Å²) in [6, 6.07) is 38.4. The first-order valence-corrected chi connectivity index (χ1v) is 10.7. The summed E-state index contributed by atoms with van der Waals surface area (Å²) in [6.45, 7) is 0. The first-order valence-electron chi connectivity index (χ1n) is 10.7. The molecule has 2 N–H and O–H groups in total. The highest BCUT2D eigenvalue weighted by Crippen LogP contribution is 2.25. The van der Waals surface area contributed by atoms with E-state index in [2.05, 4.69) is 10.9 Å². The second-order valence-electron chi connectivity index (χ2n) is 7.52. The maximum Gasteiger partial charge on any atom is 0.263 e. The van der Waals surface area contributed by atoms with Crippen LogP contribution in [0.5, 0.6) is 0 Å². The summed E-state index contributed by atoms with van der Waals surface area (Å²) >= 11 is 0. The Balaban J connectivity index is 1.55. The normalized spacial score (nSPS) is 10.3. The van der Waals surface area contributed by atoms with Crippen molar-refractivity contribution in [3.05, 3.63) is 150 Å². The number of amides is 2. The molecule has 0 spiro atoms. The van der Waals surface area contributed by atoms with E-state index in [0.29, 0.717) is 0 Å². The molecule has 0 atom stereocenters. The maximum absolute atomic E-state index is 13.1. The molecular weight excluding hydrogens is 408 g/mol. The molecule has 4 heteroatoms. The SMILES string of the molecule is O=C(C=C(c1ccccc1)c1ccccc1)NNC(=O)C(c1ccccc1)c1ccccc1. The standard InChI is InChI=1S/C29H24N2O2/c32-27(21-26(22-13-5-1-6-14-22)23-15-7-2-8-16-23)30-31-29(33)28(24-17-9-3-10-18-24)25-19-11-4-12-20-25/h1-21,28H,(H,30,32)(H,31,33). The molecule has 0 fully saturated rings. The summed E-state index contributed by atoms with van der Waals surface area (Å²) in [4.78, 5) is 25.9. The molecule has 4 rings (SSSR count). The Morgan fingerprint density at radius 1 is 0.545 bits per heavy atom. The Morgan fingerprint density at radius 2 is 0.939 bits per heavy atom. The first kappa shape index (κ1) is 21.8. The van der Waals surface area contributed by atoms with Crippen LogP contribution in [0.3, 0.4) is 0 Å². The largest absolute Gasteiger partial charge is 0.272 e. The molecule has 0 unspecified atom stereocenters. The van der Waals surface area contributed by atoms with E-state index < -0.39 is 11.8 Å². The van der Waals surface area contributed by atoms with Gasteiger partial charge in [-0.25, -0.2) is 0 Å². The van der Waals surface area contributed by atoms with E-state index in [-0.39, 0.29) is 5.91 Å². The lowest BCUT2D eigenvalue weighted by Crippen LogP contribution is -2.43. The van der Waals surface area contributed by atoms with E-state index in [1.54, 1.807) is 0 Å². The molecule has 0 aliphatic rings. The fourth-order valence-electron chi connectivity index (χ4n) is 3.72. The zero-order valence-electron chi connectivity index (χ0n) is 18.0. The van der Waals surface area contributed by atoms with Crippen LogP contribution in [0.2, 0.25) is 0 Å². The summed E-state index contributed by atoms with van der Waals surface area (Å²) < 4.78 is 0. The van der Waals surface area contributed by atoms with Gasteiger partial charge in [-0.15, -0.1) is 0 Å². The lowest BCUT2D eigenvalue weighted by Gasteiger charge is -2.18. The predicted octanol–water partition coefficient (Wildman–Crippen LogP) is 5.10. The zero-order chi connectivity index (χ0) is 22.9. The number of hydrogen-bond acceptors (Lipinski definition) is 2. The molecule has 162 valence electrons. The minimum Gasteiger partial charge on any atom is -0.272 e. The van der Waals surface area contributed by atoms with Gasteiger partial charge in [-0.05, 0) is 27.8 Å². The van der Waals surface area contributed by atoms with Crippen LogP contribution in [0.1, 0.15) is 28.2 Å². The van der Waals surface area contributed by atoms with Crippen LogP contribution in [-0.2, 0) is 9.59 Å². The molecule has 0 saturated heterocycles. The molecular formula is C29H24N2O2. The molecule has 4 aromatic carbocycles. The topological polar surface area (TPSA) is 58.2 Å². The zero-order valence-corrected chi connectivity index (χ0v) is 18.0. The highest BCUT2D eigenvalue weighted by molar-refractivity contribution is 6.00.